The summed E-state index contributed by atoms with van der Waals surface area (Å²) in [7, 11) is 0. The van der Waals surface area contributed by atoms with Crippen LogP contribution in [0.1, 0.15) is 49.8 Å². The fraction of sp³-hybridized carbons (Fsp3) is 0.750. The summed E-state index contributed by atoms with van der Waals surface area (Å²) in [6, 6.07) is 4.10. The van der Waals surface area contributed by atoms with Crippen molar-refractivity contribution in [3.05, 3.63) is 21.3 Å². The molecule has 2 nitrogen and oxygen atoms in total. The molecular formula is C16H24ClNOS. The van der Waals surface area contributed by atoms with Crippen molar-refractivity contribution >= 4 is 22.9 Å². The Morgan fingerprint density at radius 1 is 1.25 bits per heavy atom. The van der Waals surface area contributed by atoms with Gasteiger partial charge in [0.15, 0.2) is 0 Å². The Hall–Kier alpha value is -0.0900. The van der Waals surface area contributed by atoms with E-state index in [0.717, 1.165) is 23.8 Å². The summed E-state index contributed by atoms with van der Waals surface area (Å²) < 4.78 is 7.25. The van der Waals surface area contributed by atoms with Crippen molar-refractivity contribution in [3.8, 4) is 0 Å². The lowest BCUT2D eigenvalue weighted by atomic mass is 9.83. The van der Waals surface area contributed by atoms with Crippen molar-refractivity contribution in [3.63, 3.8) is 0 Å². The zero-order chi connectivity index (χ0) is 13.8. The fourth-order valence-corrected chi connectivity index (χ4v) is 4.65. The van der Waals surface area contributed by atoms with Gasteiger partial charge in [-0.25, -0.2) is 0 Å². The third kappa shape index (κ3) is 3.76. The lowest BCUT2D eigenvalue weighted by molar-refractivity contribution is -0.0622. The van der Waals surface area contributed by atoms with Crippen LogP contribution in [0.3, 0.4) is 0 Å². The molecule has 112 valence electrons. The maximum Gasteiger partial charge on any atom is 0.0931 e. The minimum atomic E-state index is 0.256. The molecule has 2 aliphatic rings. The molecule has 1 N–H and O–H groups in total. The lowest BCUT2D eigenvalue weighted by Crippen LogP contribution is -2.35. The molecule has 0 amide bonds. The number of thiophene rings is 1. The number of hydrogen-bond acceptors (Lipinski definition) is 3. The largest absolute Gasteiger partial charge is 0.370 e. The van der Waals surface area contributed by atoms with Crippen LogP contribution in [0.25, 0.3) is 0 Å². The van der Waals surface area contributed by atoms with Gasteiger partial charge in [0.1, 0.15) is 0 Å². The van der Waals surface area contributed by atoms with Gasteiger partial charge in [0.25, 0.3) is 0 Å². The van der Waals surface area contributed by atoms with Crippen molar-refractivity contribution in [2.24, 2.45) is 0 Å². The number of ether oxygens (including phenoxy) is 1. The highest BCUT2D eigenvalue weighted by molar-refractivity contribution is 7.16. The first-order valence-corrected chi connectivity index (χ1v) is 9.08. The van der Waals surface area contributed by atoms with Crippen molar-refractivity contribution in [2.75, 3.05) is 13.1 Å². The molecule has 1 aromatic heterocycles. The molecule has 0 radical (unpaired) electrons. The average Bonchev–Trinajstić information content (AvgIpc) is 3.03. The Kier molecular flexibility index (Phi) is 5.03. The van der Waals surface area contributed by atoms with Gasteiger partial charge in [0.2, 0.25) is 0 Å². The van der Waals surface area contributed by atoms with Gasteiger partial charge in [0.05, 0.1) is 16.0 Å². The first-order chi connectivity index (χ1) is 9.76. The second-order valence-electron chi connectivity index (χ2n) is 6.18. The SMILES string of the molecule is Clc1ccc(CCNCC2CCC3(CCCCC3)O2)s1. The van der Waals surface area contributed by atoms with Crippen LogP contribution in [0.5, 0.6) is 0 Å². The summed E-state index contributed by atoms with van der Waals surface area (Å²) >= 11 is 7.62. The van der Waals surface area contributed by atoms with Gasteiger partial charge in [-0.15, -0.1) is 11.3 Å². The molecule has 0 bridgehead atoms. The molecule has 1 aliphatic carbocycles. The van der Waals surface area contributed by atoms with E-state index in [9.17, 15) is 0 Å². The molecule has 1 spiro atoms. The van der Waals surface area contributed by atoms with Gasteiger partial charge < -0.3 is 10.1 Å². The van der Waals surface area contributed by atoms with Crippen molar-refractivity contribution in [2.45, 2.75) is 63.1 Å². The smallest absolute Gasteiger partial charge is 0.0931 e. The third-order valence-corrected chi connectivity index (χ3v) is 5.94. The topological polar surface area (TPSA) is 21.3 Å². The fourth-order valence-electron chi connectivity index (χ4n) is 3.56. The molecule has 4 heteroatoms. The van der Waals surface area contributed by atoms with Crippen LogP contribution in [0, 0.1) is 0 Å². The molecule has 1 saturated carbocycles. The van der Waals surface area contributed by atoms with Crippen LogP contribution in [0.15, 0.2) is 12.1 Å². The van der Waals surface area contributed by atoms with Gasteiger partial charge in [-0.2, -0.15) is 0 Å². The molecule has 3 rings (SSSR count). The van der Waals surface area contributed by atoms with Gasteiger partial charge in [-0.3, -0.25) is 0 Å². The van der Waals surface area contributed by atoms with Gasteiger partial charge in [0, 0.05) is 18.0 Å². The zero-order valence-electron chi connectivity index (χ0n) is 12.0. The average molecular weight is 314 g/mol. The first kappa shape index (κ1) is 14.8. The van der Waals surface area contributed by atoms with Crippen molar-refractivity contribution in [1.82, 2.24) is 5.32 Å². The van der Waals surface area contributed by atoms with E-state index in [2.05, 4.69) is 11.4 Å². The second kappa shape index (κ2) is 6.78. The molecule has 20 heavy (non-hydrogen) atoms. The monoisotopic (exact) mass is 313 g/mol. The van der Waals surface area contributed by atoms with Crippen LogP contribution in [-0.4, -0.2) is 24.8 Å². The Morgan fingerprint density at radius 2 is 2.10 bits per heavy atom. The molecule has 1 atom stereocenters. The maximum absolute atomic E-state index is 6.37. The van der Waals surface area contributed by atoms with Crippen LogP contribution in [0.2, 0.25) is 4.34 Å². The van der Waals surface area contributed by atoms with Crippen LogP contribution in [0.4, 0.5) is 0 Å². The van der Waals surface area contributed by atoms with E-state index in [1.807, 2.05) is 6.07 Å². The zero-order valence-corrected chi connectivity index (χ0v) is 13.6. The Bertz CT molecular complexity index is 428. The molecule has 1 aromatic rings. The van der Waals surface area contributed by atoms with Gasteiger partial charge in [-0.05, 0) is 44.2 Å². The predicted octanol–water partition coefficient (Wildman–Crippen LogP) is 4.42. The minimum absolute atomic E-state index is 0.256. The predicted molar refractivity (Wildman–Crippen MR) is 85.8 cm³/mol. The maximum atomic E-state index is 6.37. The van der Waals surface area contributed by atoms with Gasteiger partial charge >= 0.3 is 0 Å². The van der Waals surface area contributed by atoms with E-state index in [4.69, 9.17) is 16.3 Å². The summed E-state index contributed by atoms with van der Waals surface area (Å²) in [5.41, 5.74) is 0.256. The third-order valence-electron chi connectivity index (χ3n) is 4.65. The van der Waals surface area contributed by atoms with Crippen LogP contribution >= 0.6 is 22.9 Å². The molecule has 1 saturated heterocycles. The minimum Gasteiger partial charge on any atom is -0.370 e. The number of nitrogens with one attached hydrogen (secondary N) is 1. The number of hydrogen-bond donors (Lipinski definition) is 1. The van der Waals surface area contributed by atoms with Crippen LogP contribution < -0.4 is 5.32 Å². The molecule has 0 aromatic carbocycles. The summed E-state index contributed by atoms with van der Waals surface area (Å²) in [6.07, 6.45) is 10.7. The van der Waals surface area contributed by atoms with E-state index in [-0.39, 0.29) is 5.60 Å². The Balaban J connectivity index is 1.35. The van der Waals surface area contributed by atoms with Crippen molar-refractivity contribution in [1.29, 1.82) is 0 Å². The Labute approximate surface area is 130 Å². The highest BCUT2D eigenvalue weighted by Gasteiger charge is 2.40. The molecule has 1 aliphatic heterocycles. The first-order valence-electron chi connectivity index (χ1n) is 7.89. The van der Waals surface area contributed by atoms with E-state index in [1.54, 1.807) is 11.3 Å². The van der Waals surface area contributed by atoms with E-state index in [0.29, 0.717) is 6.10 Å². The van der Waals surface area contributed by atoms with E-state index < -0.39 is 0 Å². The summed E-state index contributed by atoms with van der Waals surface area (Å²) in [4.78, 5) is 1.36. The Morgan fingerprint density at radius 3 is 2.85 bits per heavy atom. The number of halogens is 1. The van der Waals surface area contributed by atoms with Gasteiger partial charge in [-0.1, -0.05) is 30.9 Å². The molecular weight excluding hydrogens is 290 g/mol. The lowest BCUT2D eigenvalue weighted by Gasteiger charge is -2.33. The van der Waals surface area contributed by atoms with E-state index >= 15 is 0 Å². The molecule has 1 unspecified atom stereocenters. The molecule has 2 fully saturated rings. The van der Waals surface area contributed by atoms with Crippen molar-refractivity contribution < 1.29 is 4.74 Å². The summed E-state index contributed by atoms with van der Waals surface area (Å²) in [5, 5.41) is 3.55. The number of rotatable bonds is 5. The highest BCUT2D eigenvalue weighted by atomic mass is 35.5. The summed E-state index contributed by atoms with van der Waals surface area (Å²) in [5.74, 6) is 0. The normalized spacial score (nSPS) is 25.4. The standard InChI is InChI=1S/C16H24ClNOS/c17-15-5-4-14(20-15)7-11-18-12-13-6-10-16(19-13)8-2-1-3-9-16/h4-5,13,18H,1-3,6-12H2. The summed E-state index contributed by atoms with van der Waals surface area (Å²) in [6.45, 7) is 2.02. The highest BCUT2D eigenvalue weighted by Crippen LogP contribution is 2.41. The van der Waals surface area contributed by atoms with E-state index in [1.165, 1.54) is 49.8 Å². The second-order valence-corrected chi connectivity index (χ2v) is 7.98. The quantitative estimate of drug-likeness (QED) is 0.813. The molecule has 2 heterocycles. The van der Waals surface area contributed by atoms with Crippen LogP contribution in [-0.2, 0) is 11.2 Å².